The van der Waals surface area contributed by atoms with Gasteiger partial charge in [0.25, 0.3) is 11.6 Å². The SMILES string of the molecule is N#CC1(NC(=O)c2ccc(Cl)c([N+](=O)[O-])c2)CCSC1. The molecule has 0 radical (unpaired) electrons. The van der Waals surface area contributed by atoms with Gasteiger partial charge in [0.05, 0.1) is 11.0 Å². The topological polar surface area (TPSA) is 96.0 Å². The Labute approximate surface area is 124 Å². The monoisotopic (exact) mass is 311 g/mol. The zero-order valence-corrected chi connectivity index (χ0v) is 11.8. The summed E-state index contributed by atoms with van der Waals surface area (Å²) in [5.41, 5.74) is -1.10. The van der Waals surface area contributed by atoms with E-state index in [1.54, 1.807) is 11.8 Å². The first-order valence-electron chi connectivity index (χ1n) is 5.73. The number of hydrogen-bond donors (Lipinski definition) is 1. The van der Waals surface area contributed by atoms with Gasteiger partial charge in [-0.15, -0.1) is 0 Å². The molecule has 1 heterocycles. The largest absolute Gasteiger partial charge is 0.333 e. The van der Waals surface area contributed by atoms with Crippen molar-refractivity contribution in [2.45, 2.75) is 12.0 Å². The second kappa shape index (κ2) is 5.69. The molecule has 8 heteroatoms. The van der Waals surface area contributed by atoms with Gasteiger partial charge in [0.15, 0.2) is 0 Å². The smallest absolute Gasteiger partial charge is 0.288 e. The molecule has 0 spiro atoms. The average molecular weight is 312 g/mol. The summed E-state index contributed by atoms with van der Waals surface area (Å²) in [7, 11) is 0. The van der Waals surface area contributed by atoms with E-state index in [4.69, 9.17) is 11.6 Å². The number of rotatable bonds is 3. The molecule has 1 atom stereocenters. The zero-order chi connectivity index (χ0) is 14.8. The molecular weight excluding hydrogens is 302 g/mol. The Bertz CT molecular complexity index is 608. The van der Waals surface area contributed by atoms with Crippen LogP contribution in [0, 0.1) is 21.4 Å². The van der Waals surface area contributed by atoms with Crippen molar-refractivity contribution in [2.24, 2.45) is 0 Å². The van der Waals surface area contributed by atoms with Gasteiger partial charge in [-0.3, -0.25) is 14.9 Å². The molecule has 2 rings (SSSR count). The van der Waals surface area contributed by atoms with E-state index in [2.05, 4.69) is 11.4 Å². The van der Waals surface area contributed by atoms with Gasteiger partial charge in [-0.2, -0.15) is 17.0 Å². The number of nitro benzene ring substituents is 1. The molecule has 1 aromatic rings. The number of carbonyl (C=O) groups excluding carboxylic acids is 1. The molecule has 0 bridgehead atoms. The minimum Gasteiger partial charge on any atom is -0.333 e. The number of carbonyl (C=O) groups is 1. The fraction of sp³-hybridized carbons (Fsp3) is 0.333. The molecule has 1 saturated heterocycles. The van der Waals surface area contributed by atoms with Gasteiger partial charge < -0.3 is 5.32 Å². The summed E-state index contributed by atoms with van der Waals surface area (Å²) < 4.78 is 0. The van der Waals surface area contributed by atoms with E-state index < -0.39 is 16.4 Å². The van der Waals surface area contributed by atoms with Crippen molar-refractivity contribution < 1.29 is 9.72 Å². The minimum atomic E-state index is -0.893. The van der Waals surface area contributed by atoms with Gasteiger partial charge in [-0.25, -0.2) is 0 Å². The fourth-order valence-electron chi connectivity index (χ4n) is 1.86. The lowest BCUT2D eigenvalue weighted by Crippen LogP contribution is -2.47. The van der Waals surface area contributed by atoms with E-state index in [1.807, 2.05) is 0 Å². The Morgan fingerprint density at radius 1 is 1.60 bits per heavy atom. The lowest BCUT2D eigenvalue weighted by molar-refractivity contribution is -0.384. The molecule has 1 N–H and O–H groups in total. The number of nitro groups is 1. The Kier molecular flexibility index (Phi) is 4.16. The lowest BCUT2D eigenvalue weighted by Gasteiger charge is -2.21. The minimum absolute atomic E-state index is 0.0297. The van der Waals surface area contributed by atoms with Gasteiger partial charge in [-0.1, -0.05) is 11.6 Å². The van der Waals surface area contributed by atoms with Crippen molar-refractivity contribution in [2.75, 3.05) is 11.5 Å². The number of amides is 1. The van der Waals surface area contributed by atoms with Gasteiger partial charge in [0, 0.05) is 17.4 Å². The van der Waals surface area contributed by atoms with Crippen LogP contribution in [0.3, 0.4) is 0 Å². The summed E-state index contributed by atoms with van der Waals surface area (Å²) in [6.07, 6.45) is 0.565. The number of benzene rings is 1. The molecule has 1 fully saturated rings. The van der Waals surface area contributed by atoms with E-state index in [0.29, 0.717) is 12.2 Å². The molecule has 1 aliphatic heterocycles. The van der Waals surface area contributed by atoms with E-state index in [9.17, 15) is 20.2 Å². The van der Waals surface area contributed by atoms with Crippen LogP contribution in [-0.4, -0.2) is 27.9 Å². The number of nitrogens with one attached hydrogen (secondary N) is 1. The predicted molar refractivity (Wildman–Crippen MR) is 75.9 cm³/mol. The first-order chi connectivity index (χ1) is 9.47. The van der Waals surface area contributed by atoms with E-state index in [-0.39, 0.29) is 16.3 Å². The highest BCUT2D eigenvalue weighted by atomic mass is 35.5. The van der Waals surface area contributed by atoms with Gasteiger partial charge >= 0.3 is 0 Å². The average Bonchev–Trinajstić information content (AvgIpc) is 2.88. The Hall–Kier alpha value is -1.78. The van der Waals surface area contributed by atoms with Crippen LogP contribution in [0.25, 0.3) is 0 Å². The molecule has 1 aliphatic rings. The Morgan fingerprint density at radius 2 is 2.35 bits per heavy atom. The summed E-state index contributed by atoms with van der Waals surface area (Å²) >= 11 is 7.28. The highest BCUT2D eigenvalue weighted by Crippen LogP contribution is 2.29. The molecule has 0 aromatic heterocycles. The van der Waals surface area contributed by atoms with Crippen LogP contribution in [0.2, 0.25) is 5.02 Å². The first-order valence-corrected chi connectivity index (χ1v) is 7.26. The highest BCUT2D eigenvalue weighted by Gasteiger charge is 2.36. The van der Waals surface area contributed by atoms with Crippen molar-refractivity contribution in [3.63, 3.8) is 0 Å². The van der Waals surface area contributed by atoms with E-state index >= 15 is 0 Å². The van der Waals surface area contributed by atoms with Crippen molar-refractivity contribution >= 4 is 35.0 Å². The third kappa shape index (κ3) is 2.86. The van der Waals surface area contributed by atoms with Crippen LogP contribution in [0.5, 0.6) is 0 Å². The van der Waals surface area contributed by atoms with Crippen molar-refractivity contribution in [1.29, 1.82) is 5.26 Å². The Morgan fingerprint density at radius 3 is 2.90 bits per heavy atom. The van der Waals surface area contributed by atoms with Gasteiger partial charge in [0.1, 0.15) is 10.6 Å². The first kappa shape index (κ1) is 14.6. The third-order valence-corrected chi connectivity index (χ3v) is 4.50. The highest BCUT2D eigenvalue weighted by molar-refractivity contribution is 7.99. The molecule has 0 saturated carbocycles. The second-order valence-corrected chi connectivity index (χ2v) is 5.89. The fourth-order valence-corrected chi connectivity index (χ4v) is 3.32. The number of nitrogens with zero attached hydrogens (tertiary/aromatic N) is 2. The Balaban J connectivity index is 2.24. The molecule has 0 aliphatic carbocycles. The molecule has 6 nitrogen and oxygen atoms in total. The summed E-state index contributed by atoms with van der Waals surface area (Å²) in [6, 6.07) is 5.93. The summed E-state index contributed by atoms with van der Waals surface area (Å²) in [4.78, 5) is 22.3. The van der Waals surface area contributed by atoms with E-state index in [0.717, 1.165) is 11.8 Å². The van der Waals surface area contributed by atoms with Crippen LogP contribution < -0.4 is 5.32 Å². The third-order valence-electron chi connectivity index (χ3n) is 2.99. The lowest BCUT2D eigenvalue weighted by atomic mass is 10.0. The van der Waals surface area contributed by atoms with Gasteiger partial charge in [0.2, 0.25) is 0 Å². The van der Waals surface area contributed by atoms with Crippen LogP contribution in [-0.2, 0) is 0 Å². The summed E-state index contributed by atoms with van der Waals surface area (Å²) in [6.45, 7) is 0. The van der Waals surface area contributed by atoms with Crippen LogP contribution in [0.15, 0.2) is 18.2 Å². The van der Waals surface area contributed by atoms with Crippen LogP contribution in [0.1, 0.15) is 16.8 Å². The maximum atomic E-state index is 12.1. The summed E-state index contributed by atoms with van der Waals surface area (Å²) in [5.74, 6) is 0.813. The van der Waals surface area contributed by atoms with E-state index in [1.165, 1.54) is 12.1 Å². The maximum absolute atomic E-state index is 12.1. The number of thioether (sulfide) groups is 1. The number of nitriles is 1. The zero-order valence-electron chi connectivity index (χ0n) is 10.3. The van der Waals surface area contributed by atoms with Gasteiger partial charge in [-0.05, 0) is 24.3 Å². The maximum Gasteiger partial charge on any atom is 0.288 e. The standard InChI is InChI=1S/C12H10ClN3O3S/c13-9-2-1-8(5-10(9)16(18)19)11(17)15-12(6-14)3-4-20-7-12/h1-2,5H,3-4,7H2,(H,15,17). The van der Waals surface area contributed by atoms with Crippen molar-refractivity contribution in [1.82, 2.24) is 5.32 Å². The molecule has 1 aromatic carbocycles. The molecule has 1 unspecified atom stereocenters. The summed E-state index contributed by atoms with van der Waals surface area (Å²) in [5, 5.41) is 22.6. The van der Waals surface area contributed by atoms with Crippen LogP contribution in [0.4, 0.5) is 5.69 Å². The number of halogens is 1. The predicted octanol–water partition coefficient (Wildman–Crippen LogP) is 2.38. The van der Waals surface area contributed by atoms with Crippen LogP contribution >= 0.6 is 23.4 Å². The molecule has 20 heavy (non-hydrogen) atoms. The van der Waals surface area contributed by atoms with Crippen molar-refractivity contribution in [3.05, 3.63) is 38.9 Å². The molecular formula is C12H10ClN3O3S. The second-order valence-electron chi connectivity index (χ2n) is 4.37. The van der Waals surface area contributed by atoms with Crippen molar-refractivity contribution in [3.8, 4) is 6.07 Å². The normalized spacial score (nSPS) is 21.2. The quantitative estimate of drug-likeness (QED) is 0.683. The molecule has 1 amide bonds. The number of hydrogen-bond acceptors (Lipinski definition) is 5. The molecule has 104 valence electrons.